The Kier molecular flexibility index (Phi) is 5.45. The minimum atomic E-state index is 0.892. The number of benzene rings is 1. The molecule has 22 heavy (non-hydrogen) atoms. The number of piperidine rings is 1. The largest absolute Gasteiger partial charge is 0.320 e. The van der Waals surface area contributed by atoms with E-state index in [-0.39, 0.29) is 0 Å². The summed E-state index contributed by atoms with van der Waals surface area (Å²) in [4.78, 5) is 7.17. The minimum Gasteiger partial charge on any atom is -0.320 e. The Morgan fingerprint density at radius 3 is 2.86 bits per heavy atom. The monoisotopic (exact) mass is 361 g/mol. The molecule has 0 bridgehead atoms. The Morgan fingerprint density at radius 2 is 2.09 bits per heavy atom. The second-order valence-electron chi connectivity index (χ2n) is 6.22. The van der Waals surface area contributed by atoms with Crippen LogP contribution in [0, 0.1) is 5.92 Å². The first-order valence-electron chi connectivity index (χ1n) is 8.17. The number of rotatable bonds is 5. The summed E-state index contributed by atoms with van der Waals surface area (Å²) in [5, 5.41) is 4.48. The maximum atomic E-state index is 4.60. The summed E-state index contributed by atoms with van der Waals surface area (Å²) in [6, 6.07) is 8.51. The summed E-state index contributed by atoms with van der Waals surface area (Å²) < 4.78 is 1.13. The van der Waals surface area contributed by atoms with E-state index in [1.165, 1.54) is 43.3 Å². The fraction of sp³-hybridized carbons (Fsp3) is 0.500. The quantitative estimate of drug-likeness (QED) is 0.877. The van der Waals surface area contributed by atoms with Crippen molar-refractivity contribution in [1.29, 1.82) is 0 Å². The van der Waals surface area contributed by atoms with Crippen molar-refractivity contribution in [2.45, 2.75) is 25.8 Å². The molecule has 1 N–H and O–H groups in total. The molecule has 1 saturated heterocycles. The van der Waals surface area contributed by atoms with Gasteiger partial charge in [-0.3, -0.25) is 9.88 Å². The number of halogens is 1. The lowest BCUT2D eigenvalue weighted by molar-refractivity contribution is 0.173. The Morgan fingerprint density at radius 1 is 1.27 bits per heavy atom. The third kappa shape index (κ3) is 3.67. The molecule has 0 spiro atoms. The van der Waals surface area contributed by atoms with Gasteiger partial charge in [-0.2, -0.15) is 0 Å². The third-order valence-electron chi connectivity index (χ3n) is 4.70. The van der Waals surface area contributed by atoms with Crippen molar-refractivity contribution in [1.82, 2.24) is 15.2 Å². The molecule has 3 rings (SSSR count). The molecule has 1 aliphatic heterocycles. The van der Waals surface area contributed by atoms with E-state index in [4.69, 9.17) is 0 Å². The van der Waals surface area contributed by atoms with Crippen molar-refractivity contribution in [3.63, 3.8) is 0 Å². The zero-order valence-electron chi connectivity index (χ0n) is 13.2. The normalized spacial score (nSPS) is 17.2. The second-order valence-corrected chi connectivity index (χ2v) is 7.07. The van der Waals surface area contributed by atoms with Crippen molar-refractivity contribution < 1.29 is 0 Å². The fourth-order valence-electron chi connectivity index (χ4n) is 3.35. The van der Waals surface area contributed by atoms with Gasteiger partial charge in [0.15, 0.2) is 0 Å². The summed E-state index contributed by atoms with van der Waals surface area (Å²) >= 11 is 3.63. The maximum Gasteiger partial charge on any atom is 0.0758 e. The number of nitrogens with zero attached hydrogens (tertiary/aromatic N) is 2. The molecule has 2 heterocycles. The highest BCUT2D eigenvalue weighted by molar-refractivity contribution is 9.10. The first-order valence-corrected chi connectivity index (χ1v) is 8.96. The van der Waals surface area contributed by atoms with Crippen molar-refractivity contribution in [3.8, 4) is 0 Å². The smallest absolute Gasteiger partial charge is 0.0758 e. The lowest BCUT2D eigenvalue weighted by atomic mass is 9.93. The highest BCUT2D eigenvalue weighted by atomic mass is 79.9. The number of hydrogen-bond acceptors (Lipinski definition) is 3. The van der Waals surface area contributed by atoms with Crippen LogP contribution in [0.3, 0.4) is 0 Å². The molecule has 0 amide bonds. The molecule has 0 radical (unpaired) electrons. The topological polar surface area (TPSA) is 28.2 Å². The summed E-state index contributed by atoms with van der Waals surface area (Å²) in [6.07, 6.45) is 5.85. The number of aromatic nitrogens is 1. The van der Waals surface area contributed by atoms with Crippen LogP contribution < -0.4 is 5.32 Å². The number of pyridine rings is 1. The van der Waals surface area contributed by atoms with Crippen molar-refractivity contribution in [3.05, 3.63) is 40.5 Å². The van der Waals surface area contributed by atoms with E-state index >= 15 is 0 Å². The molecule has 4 heteroatoms. The maximum absolute atomic E-state index is 4.60. The lowest BCUT2D eigenvalue weighted by Crippen LogP contribution is -2.34. The number of likely N-dealkylation sites (tertiary alicyclic amines) is 1. The first-order chi connectivity index (χ1) is 10.8. The highest BCUT2D eigenvalue weighted by Gasteiger charge is 2.19. The van der Waals surface area contributed by atoms with Gasteiger partial charge in [-0.1, -0.05) is 28.1 Å². The molecule has 1 fully saturated rings. The van der Waals surface area contributed by atoms with E-state index in [9.17, 15) is 0 Å². The molecule has 1 aliphatic rings. The van der Waals surface area contributed by atoms with E-state index in [1.54, 1.807) is 0 Å². The Hall–Kier alpha value is -0.970. The molecular weight excluding hydrogens is 338 g/mol. The fourth-order valence-corrected chi connectivity index (χ4v) is 3.80. The van der Waals surface area contributed by atoms with Crippen LogP contribution in [-0.4, -0.2) is 36.6 Å². The van der Waals surface area contributed by atoms with Gasteiger partial charge in [-0.15, -0.1) is 0 Å². The Bertz CT molecular complexity index is 621. The van der Waals surface area contributed by atoms with Crippen molar-refractivity contribution >= 4 is 26.8 Å². The van der Waals surface area contributed by atoms with Gasteiger partial charge in [-0.25, -0.2) is 0 Å². The van der Waals surface area contributed by atoms with Crippen LogP contribution in [0.15, 0.2) is 34.9 Å². The average molecular weight is 362 g/mol. The highest BCUT2D eigenvalue weighted by Crippen LogP contribution is 2.27. The summed E-state index contributed by atoms with van der Waals surface area (Å²) in [5.41, 5.74) is 2.47. The Balaban J connectivity index is 1.66. The van der Waals surface area contributed by atoms with Crippen LogP contribution in [-0.2, 0) is 6.54 Å². The Labute approximate surface area is 141 Å². The van der Waals surface area contributed by atoms with E-state index in [1.807, 2.05) is 19.3 Å². The zero-order valence-corrected chi connectivity index (χ0v) is 14.8. The molecule has 2 aromatic rings. The van der Waals surface area contributed by atoms with E-state index < -0.39 is 0 Å². The molecule has 0 aliphatic carbocycles. The van der Waals surface area contributed by atoms with Crippen molar-refractivity contribution in [2.24, 2.45) is 5.92 Å². The van der Waals surface area contributed by atoms with Crippen molar-refractivity contribution in [2.75, 3.05) is 26.7 Å². The zero-order chi connectivity index (χ0) is 15.4. The van der Waals surface area contributed by atoms with Crippen LogP contribution in [0.2, 0.25) is 0 Å². The molecular formula is C18H24BrN3. The number of nitrogens with one attached hydrogen (secondary N) is 1. The predicted molar refractivity (Wildman–Crippen MR) is 96.0 cm³/mol. The van der Waals surface area contributed by atoms with Gasteiger partial charge < -0.3 is 5.32 Å². The molecule has 0 unspecified atom stereocenters. The van der Waals surface area contributed by atoms with E-state index in [0.717, 1.165) is 29.0 Å². The van der Waals surface area contributed by atoms with Gasteiger partial charge in [0.2, 0.25) is 0 Å². The molecule has 0 saturated carbocycles. The third-order valence-corrected chi connectivity index (χ3v) is 5.40. The van der Waals surface area contributed by atoms with Crippen LogP contribution >= 0.6 is 15.9 Å². The summed E-state index contributed by atoms with van der Waals surface area (Å²) in [6.45, 7) is 4.57. The average Bonchev–Trinajstić information content (AvgIpc) is 2.57. The van der Waals surface area contributed by atoms with Gasteiger partial charge in [0.1, 0.15) is 0 Å². The van der Waals surface area contributed by atoms with Gasteiger partial charge >= 0.3 is 0 Å². The SMILES string of the molecule is CNCCC1CCN(Cc2ccc(Br)c3cccnc23)CC1. The summed E-state index contributed by atoms with van der Waals surface area (Å²) in [5.74, 6) is 0.892. The predicted octanol–water partition coefficient (Wildman–Crippen LogP) is 3.82. The lowest BCUT2D eigenvalue weighted by Gasteiger charge is -2.32. The standard InChI is InChI=1S/C18H24BrN3/c1-20-10-6-14-7-11-22(12-8-14)13-15-4-5-17(19)16-3-2-9-21-18(15)16/h2-5,9,14,20H,6-8,10-13H2,1H3. The van der Waals surface area contributed by atoms with E-state index in [0.29, 0.717) is 0 Å². The molecule has 1 aromatic heterocycles. The van der Waals surface area contributed by atoms with Crippen LogP contribution in [0.4, 0.5) is 0 Å². The van der Waals surface area contributed by atoms with Gasteiger partial charge in [0.05, 0.1) is 5.52 Å². The van der Waals surface area contributed by atoms with Crippen LogP contribution in [0.1, 0.15) is 24.8 Å². The van der Waals surface area contributed by atoms with E-state index in [2.05, 4.69) is 49.3 Å². The molecule has 3 nitrogen and oxygen atoms in total. The van der Waals surface area contributed by atoms with Crippen LogP contribution in [0.25, 0.3) is 10.9 Å². The van der Waals surface area contributed by atoms with Gasteiger partial charge in [0.25, 0.3) is 0 Å². The number of hydrogen-bond donors (Lipinski definition) is 1. The summed E-state index contributed by atoms with van der Waals surface area (Å²) in [7, 11) is 2.04. The minimum absolute atomic E-state index is 0.892. The molecule has 118 valence electrons. The van der Waals surface area contributed by atoms with Gasteiger partial charge in [0, 0.05) is 22.6 Å². The molecule has 1 aromatic carbocycles. The number of fused-ring (bicyclic) bond motifs is 1. The molecule has 0 atom stereocenters. The second kappa shape index (κ2) is 7.53. The van der Waals surface area contributed by atoms with Crippen LogP contribution in [0.5, 0.6) is 0 Å². The van der Waals surface area contributed by atoms with Gasteiger partial charge in [-0.05, 0) is 69.6 Å². The first kappa shape index (κ1) is 15.9.